The van der Waals surface area contributed by atoms with Gasteiger partial charge in [0.05, 0.1) is 25.2 Å². The summed E-state index contributed by atoms with van der Waals surface area (Å²) in [5, 5.41) is 14.4. The lowest BCUT2D eigenvalue weighted by Crippen LogP contribution is -2.43. The highest BCUT2D eigenvalue weighted by atomic mass is 19.4. The second kappa shape index (κ2) is 18.8. The maximum absolute atomic E-state index is 13.0. The number of pyridine rings is 1. The molecule has 0 bridgehead atoms. The summed E-state index contributed by atoms with van der Waals surface area (Å²) in [4.78, 5) is 38.1. The van der Waals surface area contributed by atoms with Gasteiger partial charge in [-0.25, -0.2) is 0 Å². The topological polar surface area (TPSA) is 112 Å². The first-order chi connectivity index (χ1) is 20.6. The average Bonchev–Trinajstić information content (AvgIpc) is 2.99. The zero-order valence-electron chi connectivity index (χ0n) is 24.8. The van der Waals surface area contributed by atoms with Crippen molar-refractivity contribution in [1.82, 2.24) is 15.2 Å². The molecule has 0 radical (unpaired) electrons. The van der Waals surface area contributed by atoms with Crippen LogP contribution in [-0.4, -0.2) is 72.2 Å². The van der Waals surface area contributed by atoms with Gasteiger partial charge in [-0.3, -0.25) is 14.4 Å². The van der Waals surface area contributed by atoms with Crippen molar-refractivity contribution < 1.29 is 32.6 Å². The lowest BCUT2D eigenvalue weighted by Gasteiger charge is -2.30. The molecule has 1 amide bonds. The Morgan fingerprint density at radius 3 is 2.47 bits per heavy atom. The van der Waals surface area contributed by atoms with E-state index in [2.05, 4.69) is 36.3 Å². The Hall–Kier alpha value is -3.70. The average molecular weight is 606 g/mol. The molecule has 0 saturated heterocycles. The van der Waals surface area contributed by atoms with Crippen LogP contribution in [0.1, 0.15) is 50.7 Å². The molecule has 3 N–H and O–H groups in total. The molecular formula is C32H42F3N3O5. The molecule has 0 unspecified atom stereocenters. The minimum Gasteiger partial charge on any atom is -0.506 e. The van der Waals surface area contributed by atoms with Gasteiger partial charge in [0.2, 0.25) is 17.8 Å². The molecule has 1 heterocycles. The largest absolute Gasteiger partial charge is 0.506 e. The second-order valence-electron chi connectivity index (χ2n) is 10.2. The number of halogens is 3. The zero-order valence-corrected chi connectivity index (χ0v) is 24.8. The van der Waals surface area contributed by atoms with E-state index in [1.54, 1.807) is 12.1 Å². The fourth-order valence-corrected chi connectivity index (χ4v) is 4.55. The van der Waals surface area contributed by atoms with Gasteiger partial charge in [0.25, 0.3) is 0 Å². The molecule has 2 aromatic carbocycles. The summed E-state index contributed by atoms with van der Waals surface area (Å²) in [6, 6.07) is 17.2. The number of amides is 1. The van der Waals surface area contributed by atoms with Gasteiger partial charge in [0, 0.05) is 30.6 Å². The fraction of sp³-hybridized carbons (Fsp3) is 0.469. The second-order valence-corrected chi connectivity index (χ2v) is 10.2. The third-order valence-corrected chi connectivity index (χ3v) is 6.86. The predicted octanol–water partition coefficient (Wildman–Crippen LogP) is 5.17. The summed E-state index contributed by atoms with van der Waals surface area (Å²) in [5.74, 6) is 0.210. The number of alkyl halides is 3. The molecule has 0 saturated carbocycles. The highest BCUT2D eigenvalue weighted by Crippen LogP contribution is 2.24. The molecule has 0 aliphatic rings. The van der Waals surface area contributed by atoms with Gasteiger partial charge < -0.3 is 25.0 Å². The first kappa shape index (κ1) is 35.5. The maximum atomic E-state index is 13.0. The molecule has 1 aromatic heterocycles. The Kier molecular flexibility index (Phi) is 15.5. The molecule has 43 heavy (non-hydrogen) atoms. The summed E-state index contributed by atoms with van der Waals surface area (Å²) in [6.45, 7) is 7.43. The number of aromatic amines is 1. The standard InChI is InChI=1S/C30H41N3O4.C2HF3O/c1-3-4-8-23(2)33(29(36)17-22-37-21-16-24-9-6-5-7-10-24)20-19-31-18-15-25-11-13-27(34)30-26(25)12-14-28(35)32-30;3-2(4,5)1-6/h5-7,9-14,23,31,34H,3-4,8,15-22H2,1-2H3,(H,32,35);1H/t23-;/m1./s1. The lowest BCUT2D eigenvalue weighted by atomic mass is 10.0. The minimum absolute atomic E-state index is 0.0728. The van der Waals surface area contributed by atoms with Crippen LogP contribution in [0.4, 0.5) is 13.2 Å². The van der Waals surface area contributed by atoms with Gasteiger partial charge in [-0.15, -0.1) is 0 Å². The van der Waals surface area contributed by atoms with Crippen LogP contribution in [0.3, 0.4) is 0 Å². The Bertz CT molecular complexity index is 1320. The van der Waals surface area contributed by atoms with Gasteiger partial charge >= 0.3 is 6.18 Å². The van der Waals surface area contributed by atoms with Crippen molar-refractivity contribution >= 4 is 23.1 Å². The Morgan fingerprint density at radius 1 is 1.07 bits per heavy atom. The fourth-order valence-electron chi connectivity index (χ4n) is 4.55. The number of ether oxygens (including phenoxy) is 1. The molecule has 236 valence electrons. The van der Waals surface area contributed by atoms with Gasteiger partial charge in [-0.05, 0) is 56.0 Å². The number of nitrogens with zero attached hydrogens (tertiary/aromatic N) is 1. The Balaban J connectivity index is 0.000000973. The van der Waals surface area contributed by atoms with Crippen LogP contribution in [0.5, 0.6) is 5.75 Å². The van der Waals surface area contributed by atoms with E-state index in [0.29, 0.717) is 38.2 Å². The summed E-state index contributed by atoms with van der Waals surface area (Å²) in [6.07, 6.45) is -0.509. The number of aromatic nitrogens is 1. The number of aromatic hydroxyl groups is 1. The number of hydrogen-bond acceptors (Lipinski definition) is 6. The van der Waals surface area contributed by atoms with E-state index < -0.39 is 12.5 Å². The van der Waals surface area contributed by atoms with Crippen LogP contribution < -0.4 is 10.9 Å². The summed E-state index contributed by atoms with van der Waals surface area (Å²) in [5.41, 5.74) is 2.52. The van der Waals surface area contributed by atoms with Crippen LogP contribution in [0.15, 0.2) is 59.4 Å². The molecule has 0 spiro atoms. The number of fused-ring (bicyclic) bond motifs is 1. The highest BCUT2D eigenvalue weighted by Gasteiger charge is 2.25. The number of hydrogen-bond donors (Lipinski definition) is 3. The van der Waals surface area contributed by atoms with Gasteiger partial charge in [-0.2, -0.15) is 13.2 Å². The normalized spacial score (nSPS) is 11.9. The van der Waals surface area contributed by atoms with E-state index in [-0.39, 0.29) is 23.3 Å². The first-order valence-electron chi connectivity index (χ1n) is 14.5. The molecule has 1 atom stereocenters. The van der Waals surface area contributed by atoms with E-state index in [0.717, 1.165) is 49.6 Å². The number of carbonyl (C=O) groups is 2. The van der Waals surface area contributed by atoms with Crippen LogP contribution in [0.2, 0.25) is 0 Å². The van der Waals surface area contributed by atoms with E-state index >= 15 is 0 Å². The minimum atomic E-state index is -4.64. The Morgan fingerprint density at radius 2 is 1.79 bits per heavy atom. The number of H-pyrrole nitrogens is 1. The van der Waals surface area contributed by atoms with Crippen molar-refractivity contribution in [2.45, 2.75) is 64.6 Å². The predicted molar refractivity (Wildman–Crippen MR) is 161 cm³/mol. The summed E-state index contributed by atoms with van der Waals surface area (Å²) >= 11 is 0. The Labute approximate surface area is 250 Å². The van der Waals surface area contributed by atoms with Gasteiger partial charge in [-0.1, -0.05) is 56.2 Å². The number of phenolic OH excluding ortho intramolecular Hbond substituents is 1. The SMILES string of the molecule is CCCC[C@@H](C)N(CCNCCc1ccc(O)c2[nH]c(=O)ccc12)C(=O)CCOCCc1ccccc1.O=CC(F)(F)F. The smallest absolute Gasteiger partial charge is 0.446 e. The number of carbonyl (C=O) groups excluding carboxylic acids is 2. The number of benzene rings is 2. The maximum Gasteiger partial charge on any atom is 0.446 e. The summed E-state index contributed by atoms with van der Waals surface area (Å²) < 4.78 is 37.0. The number of aldehydes is 1. The zero-order chi connectivity index (χ0) is 31.7. The molecule has 0 aliphatic heterocycles. The van der Waals surface area contributed by atoms with E-state index in [1.807, 2.05) is 29.2 Å². The van der Waals surface area contributed by atoms with Crippen LogP contribution >= 0.6 is 0 Å². The molecule has 0 fully saturated rings. The third-order valence-electron chi connectivity index (χ3n) is 6.86. The van der Waals surface area contributed by atoms with Crippen LogP contribution in [0, 0.1) is 0 Å². The quantitative estimate of drug-likeness (QED) is 0.154. The van der Waals surface area contributed by atoms with Crippen molar-refractivity contribution in [3.05, 3.63) is 76.1 Å². The number of rotatable bonds is 16. The number of phenols is 1. The highest BCUT2D eigenvalue weighted by molar-refractivity contribution is 5.87. The monoisotopic (exact) mass is 605 g/mol. The van der Waals surface area contributed by atoms with Crippen molar-refractivity contribution in [2.75, 3.05) is 32.8 Å². The van der Waals surface area contributed by atoms with Crippen molar-refractivity contribution in [1.29, 1.82) is 0 Å². The summed E-state index contributed by atoms with van der Waals surface area (Å²) in [7, 11) is 0. The molecule has 3 rings (SSSR count). The first-order valence-corrected chi connectivity index (χ1v) is 14.5. The van der Waals surface area contributed by atoms with Crippen LogP contribution in [0.25, 0.3) is 10.9 Å². The lowest BCUT2D eigenvalue weighted by molar-refractivity contribution is -0.156. The van der Waals surface area contributed by atoms with Crippen molar-refractivity contribution in [3.63, 3.8) is 0 Å². The van der Waals surface area contributed by atoms with Crippen molar-refractivity contribution in [3.8, 4) is 5.75 Å². The molecular weight excluding hydrogens is 563 g/mol. The van der Waals surface area contributed by atoms with E-state index in [4.69, 9.17) is 9.53 Å². The molecule has 3 aromatic rings. The van der Waals surface area contributed by atoms with Crippen molar-refractivity contribution in [2.24, 2.45) is 0 Å². The van der Waals surface area contributed by atoms with Gasteiger partial charge in [0.15, 0.2) is 0 Å². The van der Waals surface area contributed by atoms with Crippen LogP contribution in [-0.2, 0) is 27.2 Å². The van der Waals surface area contributed by atoms with E-state index in [9.17, 15) is 27.9 Å². The third kappa shape index (κ3) is 13.4. The van der Waals surface area contributed by atoms with E-state index in [1.165, 1.54) is 11.6 Å². The number of unbranched alkanes of at least 4 members (excludes halogenated alkanes) is 1. The molecule has 8 nitrogen and oxygen atoms in total. The molecule has 11 heteroatoms. The van der Waals surface area contributed by atoms with Gasteiger partial charge in [0.1, 0.15) is 5.75 Å². The number of nitrogens with one attached hydrogen (secondary N) is 2. The molecule has 0 aliphatic carbocycles.